The van der Waals surface area contributed by atoms with Gasteiger partial charge in [-0.05, 0) is 18.6 Å². The fraction of sp³-hybridized carbons (Fsp3) is 0.100. The second kappa shape index (κ2) is 3.56. The second-order valence-electron chi connectivity index (χ2n) is 2.83. The normalized spacial score (nSPS) is 9.71. The average Bonchev–Trinajstić information content (AvgIpc) is 2.70. The summed E-state index contributed by atoms with van der Waals surface area (Å²) >= 11 is 1.54. The van der Waals surface area contributed by atoms with Gasteiger partial charge >= 0.3 is 0 Å². The van der Waals surface area contributed by atoms with Crippen molar-refractivity contribution in [3.63, 3.8) is 0 Å². The number of hydrogen-bond donors (Lipinski definition) is 0. The van der Waals surface area contributed by atoms with Gasteiger partial charge in [-0.25, -0.2) is 4.98 Å². The van der Waals surface area contributed by atoms with Gasteiger partial charge in [-0.1, -0.05) is 0 Å². The number of pyridine rings is 1. The van der Waals surface area contributed by atoms with Crippen molar-refractivity contribution in [3.8, 4) is 16.8 Å². The number of thiazole rings is 1. The third kappa shape index (κ3) is 1.50. The second-order valence-corrected chi connectivity index (χ2v) is 3.73. The standard InChI is InChI=1S/C10H7N3S/c1-7-4-9(10-12-2-3-14-10)13-6-8(7)5-11/h2-4,6H,1H3. The SMILES string of the molecule is Cc1cc(-c2nccs2)ncc1C#N. The van der Waals surface area contributed by atoms with E-state index >= 15 is 0 Å². The van der Waals surface area contributed by atoms with Crippen LogP contribution in [0.5, 0.6) is 0 Å². The quantitative estimate of drug-likeness (QED) is 0.711. The summed E-state index contributed by atoms with van der Waals surface area (Å²) in [5.74, 6) is 0. The molecule has 0 aliphatic rings. The zero-order chi connectivity index (χ0) is 9.97. The van der Waals surface area contributed by atoms with E-state index in [-0.39, 0.29) is 0 Å². The number of aromatic nitrogens is 2. The van der Waals surface area contributed by atoms with Crippen molar-refractivity contribution < 1.29 is 0 Å². The maximum absolute atomic E-state index is 8.74. The molecular formula is C10H7N3S. The molecule has 0 saturated carbocycles. The monoisotopic (exact) mass is 201 g/mol. The lowest BCUT2D eigenvalue weighted by Crippen LogP contribution is -1.88. The van der Waals surface area contributed by atoms with E-state index in [2.05, 4.69) is 16.0 Å². The van der Waals surface area contributed by atoms with Crippen LogP contribution in [0.2, 0.25) is 0 Å². The molecule has 0 atom stereocenters. The van der Waals surface area contributed by atoms with Crippen molar-refractivity contribution in [3.05, 3.63) is 35.0 Å². The summed E-state index contributed by atoms with van der Waals surface area (Å²) in [6.07, 6.45) is 3.33. The molecule has 0 aromatic carbocycles. The lowest BCUT2D eigenvalue weighted by molar-refractivity contribution is 1.24. The molecule has 2 rings (SSSR count). The molecule has 0 aliphatic heterocycles. The minimum Gasteiger partial charge on any atom is -0.252 e. The fourth-order valence-electron chi connectivity index (χ4n) is 1.14. The summed E-state index contributed by atoms with van der Waals surface area (Å²) in [6.45, 7) is 1.90. The largest absolute Gasteiger partial charge is 0.252 e. The fourth-order valence-corrected chi connectivity index (χ4v) is 1.74. The van der Waals surface area contributed by atoms with Crippen molar-refractivity contribution in [1.82, 2.24) is 9.97 Å². The summed E-state index contributed by atoms with van der Waals surface area (Å²) in [7, 11) is 0. The van der Waals surface area contributed by atoms with Crippen LogP contribution in [-0.4, -0.2) is 9.97 Å². The Morgan fingerprint density at radius 1 is 1.43 bits per heavy atom. The van der Waals surface area contributed by atoms with Crippen LogP contribution in [0, 0.1) is 18.3 Å². The number of hydrogen-bond acceptors (Lipinski definition) is 4. The van der Waals surface area contributed by atoms with E-state index in [9.17, 15) is 0 Å². The molecular weight excluding hydrogens is 194 g/mol. The molecule has 14 heavy (non-hydrogen) atoms. The van der Waals surface area contributed by atoms with E-state index in [0.29, 0.717) is 5.56 Å². The highest BCUT2D eigenvalue weighted by atomic mass is 32.1. The van der Waals surface area contributed by atoms with E-state index < -0.39 is 0 Å². The zero-order valence-corrected chi connectivity index (χ0v) is 8.38. The number of nitriles is 1. The summed E-state index contributed by atoms with van der Waals surface area (Å²) in [6, 6.07) is 3.97. The Bertz CT molecular complexity index is 483. The molecule has 3 nitrogen and oxygen atoms in total. The first-order chi connectivity index (χ1) is 6.81. The highest BCUT2D eigenvalue weighted by molar-refractivity contribution is 7.13. The van der Waals surface area contributed by atoms with Gasteiger partial charge < -0.3 is 0 Å². The van der Waals surface area contributed by atoms with Crippen LogP contribution in [0.3, 0.4) is 0 Å². The lowest BCUT2D eigenvalue weighted by Gasteiger charge is -1.98. The molecule has 0 unspecified atom stereocenters. The molecule has 0 N–H and O–H groups in total. The molecule has 2 aromatic rings. The van der Waals surface area contributed by atoms with Gasteiger partial charge in [0, 0.05) is 17.8 Å². The Morgan fingerprint density at radius 3 is 2.86 bits per heavy atom. The number of aryl methyl sites for hydroxylation is 1. The Hall–Kier alpha value is -1.73. The maximum Gasteiger partial charge on any atom is 0.141 e. The summed E-state index contributed by atoms with van der Waals surface area (Å²) in [5.41, 5.74) is 2.38. The predicted molar refractivity (Wildman–Crippen MR) is 54.8 cm³/mol. The molecule has 0 radical (unpaired) electrons. The van der Waals surface area contributed by atoms with Crippen molar-refractivity contribution in [1.29, 1.82) is 5.26 Å². The van der Waals surface area contributed by atoms with Crippen molar-refractivity contribution in [2.45, 2.75) is 6.92 Å². The van der Waals surface area contributed by atoms with Gasteiger partial charge in [0.2, 0.25) is 0 Å². The van der Waals surface area contributed by atoms with Crippen molar-refractivity contribution >= 4 is 11.3 Å². The first-order valence-corrected chi connectivity index (χ1v) is 4.96. The first kappa shape index (κ1) is 8.85. The van der Waals surface area contributed by atoms with E-state index in [0.717, 1.165) is 16.3 Å². The smallest absolute Gasteiger partial charge is 0.141 e. The van der Waals surface area contributed by atoms with Gasteiger partial charge in [-0.2, -0.15) is 5.26 Å². The van der Waals surface area contributed by atoms with Crippen LogP contribution in [0.25, 0.3) is 10.7 Å². The molecule has 68 valence electrons. The zero-order valence-electron chi connectivity index (χ0n) is 7.56. The summed E-state index contributed by atoms with van der Waals surface area (Å²) in [4.78, 5) is 8.33. The first-order valence-electron chi connectivity index (χ1n) is 4.08. The molecule has 0 amide bonds. The summed E-state index contributed by atoms with van der Waals surface area (Å²) < 4.78 is 0. The van der Waals surface area contributed by atoms with Gasteiger partial charge in [-0.15, -0.1) is 11.3 Å². The van der Waals surface area contributed by atoms with Gasteiger partial charge in [-0.3, -0.25) is 4.98 Å². The van der Waals surface area contributed by atoms with Crippen LogP contribution in [0.4, 0.5) is 0 Å². The molecule has 2 aromatic heterocycles. The third-order valence-corrected chi connectivity index (χ3v) is 2.68. The highest BCUT2D eigenvalue weighted by Crippen LogP contribution is 2.20. The topological polar surface area (TPSA) is 49.6 Å². The van der Waals surface area contributed by atoms with E-state index in [1.807, 2.05) is 18.4 Å². The Morgan fingerprint density at radius 2 is 2.29 bits per heavy atom. The minimum atomic E-state index is 0.616. The number of rotatable bonds is 1. The number of nitrogens with zero attached hydrogens (tertiary/aromatic N) is 3. The van der Waals surface area contributed by atoms with Gasteiger partial charge in [0.25, 0.3) is 0 Å². The van der Waals surface area contributed by atoms with E-state index in [1.54, 1.807) is 23.7 Å². The van der Waals surface area contributed by atoms with Crippen molar-refractivity contribution in [2.75, 3.05) is 0 Å². The Kier molecular flexibility index (Phi) is 2.25. The predicted octanol–water partition coefficient (Wildman–Crippen LogP) is 2.39. The van der Waals surface area contributed by atoms with E-state index in [4.69, 9.17) is 5.26 Å². The molecule has 0 bridgehead atoms. The third-order valence-electron chi connectivity index (χ3n) is 1.88. The molecule has 0 saturated heterocycles. The molecule has 0 fully saturated rings. The molecule has 2 heterocycles. The average molecular weight is 201 g/mol. The molecule has 4 heteroatoms. The van der Waals surface area contributed by atoms with Crippen LogP contribution >= 0.6 is 11.3 Å². The van der Waals surface area contributed by atoms with Crippen molar-refractivity contribution in [2.24, 2.45) is 0 Å². The van der Waals surface area contributed by atoms with Crippen LogP contribution in [-0.2, 0) is 0 Å². The molecule has 0 aliphatic carbocycles. The van der Waals surface area contributed by atoms with Gasteiger partial charge in [0.1, 0.15) is 11.1 Å². The van der Waals surface area contributed by atoms with Gasteiger partial charge in [0.15, 0.2) is 0 Å². The maximum atomic E-state index is 8.74. The summed E-state index contributed by atoms with van der Waals surface area (Å²) in [5, 5.41) is 11.5. The van der Waals surface area contributed by atoms with E-state index in [1.165, 1.54) is 0 Å². The van der Waals surface area contributed by atoms with Crippen LogP contribution < -0.4 is 0 Å². The van der Waals surface area contributed by atoms with Crippen LogP contribution in [0.15, 0.2) is 23.8 Å². The molecule has 0 spiro atoms. The van der Waals surface area contributed by atoms with Gasteiger partial charge in [0.05, 0.1) is 11.3 Å². The Balaban J connectivity index is 2.49. The Labute approximate surface area is 85.7 Å². The lowest BCUT2D eigenvalue weighted by atomic mass is 10.1. The highest BCUT2D eigenvalue weighted by Gasteiger charge is 2.04. The minimum absolute atomic E-state index is 0.616. The van der Waals surface area contributed by atoms with Crippen LogP contribution in [0.1, 0.15) is 11.1 Å².